The van der Waals surface area contributed by atoms with Crippen LogP contribution in [0.5, 0.6) is 0 Å². The normalized spacial score (nSPS) is 9.65. The molecule has 0 unspecified atom stereocenters. The van der Waals surface area contributed by atoms with Crippen LogP contribution in [0.25, 0.3) is 11.1 Å². The van der Waals surface area contributed by atoms with Gasteiger partial charge in [0.2, 0.25) is 0 Å². The Kier molecular flexibility index (Phi) is 2.97. The second-order valence-electron chi connectivity index (χ2n) is 3.55. The summed E-state index contributed by atoms with van der Waals surface area (Å²) >= 11 is 0. The Morgan fingerprint density at radius 1 is 1.18 bits per heavy atom. The zero-order valence-corrected chi connectivity index (χ0v) is 8.85. The molecule has 0 bridgehead atoms. The number of benzene rings is 2. The second-order valence-corrected chi connectivity index (χ2v) is 3.55. The third-order valence-corrected chi connectivity index (χ3v) is 2.44. The predicted octanol–water partition coefficient (Wildman–Crippen LogP) is 3.18. The van der Waals surface area contributed by atoms with Crippen molar-refractivity contribution in [3.63, 3.8) is 0 Å². The van der Waals surface area contributed by atoms with Gasteiger partial charge in [-0.05, 0) is 29.8 Å². The molecule has 0 N–H and O–H groups in total. The number of nitriles is 1. The van der Waals surface area contributed by atoms with E-state index in [1.807, 2.05) is 6.07 Å². The minimum atomic E-state index is -0.407. The first-order valence-electron chi connectivity index (χ1n) is 5.00. The van der Waals surface area contributed by atoms with Crippen LogP contribution in [-0.2, 0) is 0 Å². The molecule has 2 aromatic rings. The summed E-state index contributed by atoms with van der Waals surface area (Å²) in [5.74, 6) is -0.407. The van der Waals surface area contributed by atoms with E-state index in [4.69, 9.17) is 5.26 Å². The molecule has 0 spiro atoms. The van der Waals surface area contributed by atoms with Gasteiger partial charge < -0.3 is 0 Å². The third kappa shape index (κ3) is 2.21. The van der Waals surface area contributed by atoms with E-state index in [9.17, 15) is 9.18 Å². The topological polar surface area (TPSA) is 40.9 Å². The highest BCUT2D eigenvalue weighted by Gasteiger charge is 2.06. The average molecular weight is 225 g/mol. The lowest BCUT2D eigenvalue weighted by molar-refractivity contribution is 0.112. The minimum absolute atomic E-state index is 0.384. The first kappa shape index (κ1) is 11.0. The fourth-order valence-corrected chi connectivity index (χ4v) is 1.63. The number of nitrogens with zero attached hydrogens (tertiary/aromatic N) is 1. The number of carbonyl (C=O) groups is 1. The van der Waals surface area contributed by atoms with Gasteiger partial charge in [-0.15, -0.1) is 0 Å². The summed E-state index contributed by atoms with van der Waals surface area (Å²) < 4.78 is 13.2. The SMILES string of the molecule is N#Cc1ccc(F)cc1-c1cccc(C=O)c1. The number of rotatable bonds is 2. The van der Waals surface area contributed by atoms with Crippen LogP contribution in [-0.4, -0.2) is 6.29 Å². The van der Waals surface area contributed by atoms with Crippen molar-refractivity contribution in [2.24, 2.45) is 0 Å². The van der Waals surface area contributed by atoms with E-state index in [1.165, 1.54) is 18.2 Å². The Balaban J connectivity index is 2.63. The van der Waals surface area contributed by atoms with Crippen molar-refractivity contribution in [3.05, 3.63) is 59.4 Å². The summed E-state index contributed by atoms with van der Waals surface area (Å²) in [6.07, 6.45) is 0.717. The largest absolute Gasteiger partial charge is 0.298 e. The minimum Gasteiger partial charge on any atom is -0.298 e. The van der Waals surface area contributed by atoms with Gasteiger partial charge in [0, 0.05) is 11.1 Å². The lowest BCUT2D eigenvalue weighted by Gasteiger charge is -2.05. The summed E-state index contributed by atoms with van der Waals surface area (Å²) in [7, 11) is 0. The van der Waals surface area contributed by atoms with Gasteiger partial charge in [-0.2, -0.15) is 5.26 Å². The Morgan fingerprint density at radius 3 is 2.71 bits per heavy atom. The number of aldehydes is 1. The standard InChI is InChI=1S/C14H8FNO/c15-13-5-4-12(8-16)14(7-13)11-3-1-2-10(6-11)9-17/h1-7,9H. The molecule has 82 valence electrons. The molecule has 0 aliphatic carbocycles. The van der Waals surface area contributed by atoms with E-state index in [0.717, 1.165) is 6.29 Å². The number of carbonyl (C=O) groups excluding carboxylic acids is 1. The van der Waals surface area contributed by atoms with E-state index in [1.54, 1.807) is 24.3 Å². The molecule has 0 aromatic heterocycles. The fourth-order valence-electron chi connectivity index (χ4n) is 1.63. The summed E-state index contributed by atoms with van der Waals surface area (Å²) in [4.78, 5) is 10.7. The summed E-state index contributed by atoms with van der Waals surface area (Å²) in [5, 5.41) is 8.96. The zero-order valence-electron chi connectivity index (χ0n) is 8.85. The summed E-state index contributed by atoms with van der Waals surface area (Å²) in [6, 6.07) is 12.7. The monoisotopic (exact) mass is 225 g/mol. The van der Waals surface area contributed by atoms with Crippen LogP contribution in [0.15, 0.2) is 42.5 Å². The van der Waals surface area contributed by atoms with Gasteiger partial charge in [0.15, 0.2) is 0 Å². The lowest BCUT2D eigenvalue weighted by atomic mass is 9.99. The highest BCUT2D eigenvalue weighted by Crippen LogP contribution is 2.24. The molecule has 3 heteroatoms. The third-order valence-electron chi connectivity index (χ3n) is 2.44. The van der Waals surface area contributed by atoms with Crippen molar-refractivity contribution >= 4 is 6.29 Å². The van der Waals surface area contributed by atoms with Gasteiger partial charge in [0.25, 0.3) is 0 Å². The molecule has 0 heterocycles. The maximum Gasteiger partial charge on any atom is 0.150 e. The molecule has 0 aliphatic heterocycles. The molecule has 0 atom stereocenters. The summed E-state index contributed by atoms with van der Waals surface area (Å²) in [5.41, 5.74) is 2.03. The molecular weight excluding hydrogens is 217 g/mol. The van der Waals surface area contributed by atoms with Crippen molar-refractivity contribution in [3.8, 4) is 17.2 Å². The van der Waals surface area contributed by atoms with E-state index in [-0.39, 0.29) is 0 Å². The zero-order chi connectivity index (χ0) is 12.3. The van der Waals surface area contributed by atoms with Gasteiger partial charge >= 0.3 is 0 Å². The van der Waals surface area contributed by atoms with Gasteiger partial charge in [0.05, 0.1) is 11.6 Å². The van der Waals surface area contributed by atoms with Crippen LogP contribution in [0.1, 0.15) is 15.9 Å². The maximum absolute atomic E-state index is 13.2. The quantitative estimate of drug-likeness (QED) is 0.736. The predicted molar refractivity (Wildman–Crippen MR) is 61.9 cm³/mol. The number of hydrogen-bond acceptors (Lipinski definition) is 2. The maximum atomic E-state index is 13.2. The van der Waals surface area contributed by atoms with Gasteiger partial charge in [-0.3, -0.25) is 4.79 Å². The molecular formula is C14H8FNO. The van der Waals surface area contributed by atoms with Crippen LogP contribution in [0.2, 0.25) is 0 Å². The molecule has 0 fully saturated rings. The number of hydrogen-bond donors (Lipinski definition) is 0. The van der Waals surface area contributed by atoms with Crippen molar-refractivity contribution < 1.29 is 9.18 Å². The highest BCUT2D eigenvalue weighted by atomic mass is 19.1. The molecule has 0 saturated heterocycles. The van der Waals surface area contributed by atoms with Crippen molar-refractivity contribution in [2.45, 2.75) is 0 Å². The Morgan fingerprint density at radius 2 is 2.00 bits per heavy atom. The van der Waals surface area contributed by atoms with E-state index >= 15 is 0 Å². The summed E-state index contributed by atoms with van der Waals surface area (Å²) in [6.45, 7) is 0. The van der Waals surface area contributed by atoms with Crippen LogP contribution in [0, 0.1) is 17.1 Å². The number of halogens is 1. The van der Waals surface area contributed by atoms with E-state index in [2.05, 4.69) is 0 Å². The first-order valence-corrected chi connectivity index (χ1v) is 5.00. The Labute approximate surface area is 97.9 Å². The van der Waals surface area contributed by atoms with Gasteiger partial charge in [-0.25, -0.2) is 4.39 Å². The molecule has 2 aromatic carbocycles. The van der Waals surface area contributed by atoms with E-state index < -0.39 is 5.82 Å². The smallest absolute Gasteiger partial charge is 0.150 e. The molecule has 0 radical (unpaired) electrons. The Hall–Kier alpha value is -2.47. The van der Waals surface area contributed by atoms with Crippen molar-refractivity contribution in [1.82, 2.24) is 0 Å². The highest BCUT2D eigenvalue weighted by molar-refractivity contribution is 5.80. The molecule has 0 aliphatic rings. The molecule has 17 heavy (non-hydrogen) atoms. The molecule has 0 saturated carbocycles. The molecule has 0 amide bonds. The molecule has 2 rings (SSSR count). The van der Waals surface area contributed by atoms with Crippen LogP contribution in [0.3, 0.4) is 0 Å². The fraction of sp³-hybridized carbons (Fsp3) is 0. The second kappa shape index (κ2) is 4.58. The van der Waals surface area contributed by atoms with Crippen molar-refractivity contribution in [1.29, 1.82) is 5.26 Å². The Bertz CT molecular complexity index is 614. The first-order chi connectivity index (χ1) is 8.24. The average Bonchev–Trinajstić information content (AvgIpc) is 2.39. The van der Waals surface area contributed by atoms with Gasteiger partial charge in [0.1, 0.15) is 12.1 Å². The molecule has 2 nitrogen and oxygen atoms in total. The van der Waals surface area contributed by atoms with Crippen LogP contribution < -0.4 is 0 Å². The van der Waals surface area contributed by atoms with E-state index in [0.29, 0.717) is 22.3 Å². The van der Waals surface area contributed by atoms with Crippen molar-refractivity contribution in [2.75, 3.05) is 0 Å². The lowest BCUT2D eigenvalue weighted by Crippen LogP contribution is -1.88. The van der Waals surface area contributed by atoms with Crippen LogP contribution in [0.4, 0.5) is 4.39 Å². The van der Waals surface area contributed by atoms with Gasteiger partial charge in [-0.1, -0.05) is 18.2 Å². The van der Waals surface area contributed by atoms with Crippen LogP contribution >= 0.6 is 0 Å².